The molecule has 10 heteroatoms. The van der Waals surface area contributed by atoms with Gasteiger partial charge in [0.25, 0.3) is 0 Å². The molecule has 0 amide bonds. The Morgan fingerprint density at radius 3 is 1.16 bits per heavy atom. The number of unbranched alkanes of at least 4 members (excludes halogenated alkanes) is 3. The summed E-state index contributed by atoms with van der Waals surface area (Å²) in [6.07, 6.45) is 3.87. The highest BCUT2D eigenvalue weighted by Crippen LogP contribution is 2.03. The van der Waals surface area contributed by atoms with E-state index >= 15 is 0 Å². The third-order valence-corrected chi connectivity index (χ3v) is 3.92. The first-order valence-corrected chi connectivity index (χ1v) is 11.2. The minimum atomic E-state index is -0.728. The first-order valence-electron chi connectivity index (χ1n) is 11.2. The van der Waals surface area contributed by atoms with E-state index in [-0.39, 0.29) is 6.42 Å². The molecule has 0 saturated heterocycles. The smallest absolute Gasteiger partial charge is 0.303 e. The summed E-state index contributed by atoms with van der Waals surface area (Å²) >= 11 is 0. The van der Waals surface area contributed by atoms with E-state index in [2.05, 4.69) is 0 Å². The molecule has 0 saturated carbocycles. The lowest BCUT2D eigenvalue weighted by molar-refractivity contribution is -0.137. The van der Waals surface area contributed by atoms with Crippen molar-refractivity contribution in [2.45, 2.75) is 32.1 Å². The van der Waals surface area contributed by atoms with E-state index in [1.165, 1.54) is 0 Å². The Labute approximate surface area is 186 Å². The van der Waals surface area contributed by atoms with Crippen LogP contribution < -0.4 is 5.73 Å². The maximum Gasteiger partial charge on any atom is 0.303 e. The normalized spacial score (nSPS) is 11.3. The molecular formula is C21H43NO9. The van der Waals surface area contributed by atoms with Gasteiger partial charge in [-0.15, -0.1) is 0 Å². The summed E-state index contributed by atoms with van der Waals surface area (Å²) in [6, 6.07) is 0. The molecule has 0 unspecified atom stereocenters. The van der Waals surface area contributed by atoms with Crippen LogP contribution in [-0.2, 0) is 38.0 Å². The fraction of sp³-hybridized carbons (Fsp3) is 0.952. The lowest BCUT2D eigenvalue weighted by atomic mass is 10.1. The van der Waals surface area contributed by atoms with Crippen LogP contribution in [0, 0.1) is 0 Å². The summed E-state index contributed by atoms with van der Waals surface area (Å²) in [7, 11) is 0. The van der Waals surface area contributed by atoms with Crippen molar-refractivity contribution in [3.8, 4) is 0 Å². The average molecular weight is 454 g/mol. The van der Waals surface area contributed by atoms with E-state index in [0.29, 0.717) is 99.0 Å². The predicted molar refractivity (Wildman–Crippen MR) is 116 cm³/mol. The van der Waals surface area contributed by atoms with Gasteiger partial charge >= 0.3 is 5.97 Å². The third kappa shape index (κ3) is 29.1. The van der Waals surface area contributed by atoms with E-state index in [9.17, 15) is 4.79 Å². The molecule has 3 N–H and O–H groups in total. The van der Waals surface area contributed by atoms with Gasteiger partial charge in [0, 0.05) is 19.6 Å². The Morgan fingerprint density at radius 1 is 0.484 bits per heavy atom. The Kier molecular flexibility index (Phi) is 26.4. The summed E-state index contributed by atoms with van der Waals surface area (Å²) < 4.78 is 37.6. The second-order valence-electron chi connectivity index (χ2n) is 6.63. The van der Waals surface area contributed by atoms with Crippen LogP contribution in [0.2, 0.25) is 0 Å². The Balaban J connectivity index is 3.00. The van der Waals surface area contributed by atoms with Crippen LogP contribution in [0.15, 0.2) is 0 Å². The molecule has 0 aromatic rings. The molecule has 0 aliphatic carbocycles. The van der Waals surface area contributed by atoms with Crippen LogP contribution in [0.5, 0.6) is 0 Å². The summed E-state index contributed by atoms with van der Waals surface area (Å²) in [5.41, 5.74) is 5.31. The van der Waals surface area contributed by atoms with Gasteiger partial charge in [0.05, 0.1) is 85.9 Å². The first kappa shape index (κ1) is 30.1. The zero-order valence-corrected chi connectivity index (χ0v) is 18.9. The van der Waals surface area contributed by atoms with Gasteiger partial charge in [-0.3, -0.25) is 4.79 Å². The molecule has 10 nitrogen and oxygen atoms in total. The number of aliphatic carboxylic acids is 1. The van der Waals surface area contributed by atoms with Crippen molar-refractivity contribution in [3.05, 3.63) is 0 Å². The van der Waals surface area contributed by atoms with Gasteiger partial charge < -0.3 is 44.0 Å². The van der Waals surface area contributed by atoms with Crippen molar-refractivity contribution >= 4 is 5.97 Å². The van der Waals surface area contributed by atoms with Gasteiger partial charge in [-0.2, -0.15) is 0 Å². The van der Waals surface area contributed by atoms with Crippen molar-refractivity contribution in [2.24, 2.45) is 5.73 Å². The molecule has 0 aromatic heterocycles. The van der Waals surface area contributed by atoms with E-state index < -0.39 is 5.97 Å². The SMILES string of the molecule is NCCOCCOCCOCCOCCOCCOCCOCCCCCCC(=O)O. The monoisotopic (exact) mass is 453 g/mol. The number of ether oxygens (including phenoxy) is 7. The molecule has 31 heavy (non-hydrogen) atoms. The van der Waals surface area contributed by atoms with Crippen LogP contribution in [0.4, 0.5) is 0 Å². The predicted octanol–water partition coefficient (Wildman–Crippen LogP) is 1.10. The second kappa shape index (κ2) is 27.2. The summed E-state index contributed by atoms with van der Waals surface area (Å²) in [5.74, 6) is -0.728. The van der Waals surface area contributed by atoms with Crippen LogP contribution in [-0.4, -0.2) is 110 Å². The molecule has 0 radical (unpaired) electrons. The molecular weight excluding hydrogens is 410 g/mol. The Morgan fingerprint density at radius 2 is 0.806 bits per heavy atom. The zero-order chi connectivity index (χ0) is 22.7. The second-order valence-corrected chi connectivity index (χ2v) is 6.63. The van der Waals surface area contributed by atoms with Gasteiger partial charge in [0.1, 0.15) is 0 Å². The van der Waals surface area contributed by atoms with E-state index in [1.54, 1.807) is 0 Å². The molecule has 0 fully saturated rings. The quantitative estimate of drug-likeness (QED) is 0.174. The Bertz CT molecular complexity index is 362. The number of nitrogens with two attached hydrogens (primary N) is 1. The highest BCUT2D eigenvalue weighted by Gasteiger charge is 1.97. The topological polar surface area (TPSA) is 128 Å². The lowest BCUT2D eigenvalue weighted by Gasteiger charge is -2.08. The summed E-state index contributed by atoms with van der Waals surface area (Å²) in [4.78, 5) is 10.4. The lowest BCUT2D eigenvalue weighted by Crippen LogP contribution is -2.15. The number of rotatable bonds is 27. The van der Waals surface area contributed by atoms with Crippen LogP contribution in [0.3, 0.4) is 0 Å². The summed E-state index contributed by atoms with van der Waals surface area (Å²) in [6.45, 7) is 8.19. The van der Waals surface area contributed by atoms with E-state index in [1.807, 2.05) is 0 Å². The number of hydrogen-bond acceptors (Lipinski definition) is 9. The zero-order valence-electron chi connectivity index (χ0n) is 18.9. The molecule has 0 spiro atoms. The molecule has 0 aliphatic rings. The largest absolute Gasteiger partial charge is 0.481 e. The maximum atomic E-state index is 10.4. The fourth-order valence-corrected chi connectivity index (χ4v) is 2.34. The van der Waals surface area contributed by atoms with Crippen molar-refractivity contribution in [1.29, 1.82) is 0 Å². The van der Waals surface area contributed by atoms with E-state index in [4.69, 9.17) is 44.0 Å². The maximum absolute atomic E-state index is 10.4. The van der Waals surface area contributed by atoms with Gasteiger partial charge in [-0.05, 0) is 12.8 Å². The standard InChI is InChI=1S/C21H43NO9/c22-6-8-26-10-12-28-14-16-30-18-20-31-19-17-29-15-13-27-11-9-25-7-4-2-1-3-5-21(23)24/h1-20,22H2,(H,23,24). The van der Waals surface area contributed by atoms with Crippen LogP contribution in [0.25, 0.3) is 0 Å². The van der Waals surface area contributed by atoms with Gasteiger partial charge in [-0.25, -0.2) is 0 Å². The highest BCUT2D eigenvalue weighted by molar-refractivity contribution is 5.66. The van der Waals surface area contributed by atoms with E-state index in [0.717, 1.165) is 25.7 Å². The molecule has 0 aromatic carbocycles. The third-order valence-electron chi connectivity index (χ3n) is 3.92. The minimum absolute atomic E-state index is 0.251. The molecule has 0 heterocycles. The van der Waals surface area contributed by atoms with Crippen molar-refractivity contribution in [3.63, 3.8) is 0 Å². The average Bonchev–Trinajstić information content (AvgIpc) is 2.76. The van der Waals surface area contributed by atoms with Crippen molar-refractivity contribution in [2.75, 3.05) is 99.0 Å². The van der Waals surface area contributed by atoms with Crippen LogP contribution in [0.1, 0.15) is 32.1 Å². The van der Waals surface area contributed by atoms with Crippen LogP contribution >= 0.6 is 0 Å². The number of carboxylic acid groups (broad SMARTS) is 1. The number of carbonyl (C=O) groups is 1. The Hall–Kier alpha value is -0.850. The first-order chi connectivity index (χ1) is 15.3. The molecule has 0 bridgehead atoms. The molecule has 0 rings (SSSR count). The molecule has 186 valence electrons. The fourth-order valence-electron chi connectivity index (χ4n) is 2.34. The van der Waals surface area contributed by atoms with Crippen molar-refractivity contribution < 1.29 is 43.1 Å². The van der Waals surface area contributed by atoms with Gasteiger partial charge in [-0.1, -0.05) is 12.8 Å². The number of carboxylic acids is 1. The van der Waals surface area contributed by atoms with Gasteiger partial charge in [0.15, 0.2) is 0 Å². The number of hydrogen-bond donors (Lipinski definition) is 2. The highest BCUT2D eigenvalue weighted by atomic mass is 16.6. The molecule has 0 aliphatic heterocycles. The van der Waals surface area contributed by atoms with Gasteiger partial charge in [0.2, 0.25) is 0 Å². The van der Waals surface area contributed by atoms with Crippen molar-refractivity contribution in [1.82, 2.24) is 0 Å². The minimum Gasteiger partial charge on any atom is -0.481 e. The molecule has 0 atom stereocenters. The summed E-state index contributed by atoms with van der Waals surface area (Å²) in [5, 5.41) is 8.53.